The van der Waals surface area contributed by atoms with E-state index in [0.29, 0.717) is 24.0 Å². The Morgan fingerprint density at radius 2 is 1.19 bits per heavy atom. The van der Waals surface area contributed by atoms with Crippen LogP contribution in [0.4, 0.5) is 0 Å². The first-order valence-corrected chi connectivity index (χ1v) is 14.8. The van der Waals surface area contributed by atoms with E-state index >= 15 is 0 Å². The molecule has 0 aromatic rings. The molecule has 4 atom stereocenters. The van der Waals surface area contributed by atoms with Gasteiger partial charge in [0, 0.05) is 0 Å². The van der Waals surface area contributed by atoms with Crippen molar-refractivity contribution in [2.45, 2.75) is 77.2 Å². The smallest absolute Gasteiger partial charge is 0.173 e. The Balaban J connectivity index is 1.70. The molecule has 0 N–H and O–H groups in total. The molecule has 0 bridgehead atoms. The minimum Gasteiger partial charge on any atom is -0.455 e. The van der Waals surface area contributed by atoms with Crippen molar-refractivity contribution in [2.75, 3.05) is 13.2 Å². The average molecular weight is 331 g/mol. The van der Waals surface area contributed by atoms with Crippen LogP contribution in [-0.2, 0) is 13.6 Å². The first kappa shape index (κ1) is 17.7. The van der Waals surface area contributed by atoms with Crippen LogP contribution in [0.15, 0.2) is 0 Å². The molecule has 3 nitrogen and oxygen atoms in total. The summed E-state index contributed by atoms with van der Waals surface area (Å²) in [5.74, 6) is 1.41. The second-order valence-electron chi connectivity index (χ2n) is 8.40. The van der Waals surface area contributed by atoms with Crippen molar-refractivity contribution in [2.24, 2.45) is 11.8 Å². The van der Waals surface area contributed by atoms with Crippen molar-refractivity contribution >= 4 is 16.6 Å². The monoisotopic (exact) mass is 330 g/mol. The molecule has 0 aromatic heterocycles. The Bertz CT molecular complexity index is 306. The van der Waals surface area contributed by atoms with Gasteiger partial charge in [-0.3, -0.25) is 0 Å². The van der Waals surface area contributed by atoms with Crippen molar-refractivity contribution < 1.29 is 13.6 Å². The summed E-state index contributed by atoms with van der Waals surface area (Å²) in [6.07, 6.45) is 3.61. The summed E-state index contributed by atoms with van der Waals surface area (Å²) in [4.78, 5) is 0. The first-order valence-electron chi connectivity index (χ1n) is 8.62. The van der Waals surface area contributed by atoms with Gasteiger partial charge in [0.25, 0.3) is 0 Å². The molecular formula is C16H34O3Si2. The molecule has 5 heteroatoms. The third-order valence-corrected chi connectivity index (χ3v) is 12.3. The van der Waals surface area contributed by atoms with Gasteiger partial charge < -0.3 is 13.6 Å². The molecule has 0 spiro atoms. The SMILES string of the molecule is CC(CC[Si](C)(C)O[Si](C)(C)CCC(C)C1CO1)C1CO1. The summed E-state index contributed by atoms with van der Waals surface area (Å²) >= 11 is 0. The highest BCUT2D eigenvalue weighted by Gasteiger charge is 2.37. The third kappa shape index (κ3) is 6.52. The summed E-state index contributed by atoms with van der Waals surface area (Å²) in [6.45, 7) is 16.2. The second kappa shape index (κ2) is 6.83. The largest absolute Gasteiger partial charge is 0.455 e. The van der Waals surface area contributed by atoms with Gasteiger partial charge in [-0.1, -0.05) is 13.8 Å². The highest BCUT2D eigenvalue weighted by atomic mass is 28.4. The molecule has 124 valence electrons. The Morgan fingerprint density at radius 1 is 0.857 bits per heavy atom. The average Bonchev–Trinajstić information content (AvgIpc) is 3.23. The van der Waals surface area contributed by atoms with Gasteiger partial charge in [-0.05, 0) is 63.0 Å². The van der Waals surface area contributed by atoms with Crippen molar-refractivity contribution in [1.82, 2.24) is 0 Å². The van der Waals surface area contributed by atoms with Crippen LogP contribution in [0.25, 0.3) is 0 Å². The maximum absolute atomic E-state index is 6.72. The van der Waals surface area contributed by atoms with Crippen molar-refractivity contribution in [3.05, 3.63) is 0 Å². The van der Waals surface area contributed by atoms with E-state index in [0.717, 1.165) is 13.2 Å². The van der Waals surface area contributed by atoms with Gasteiger partial charge >= 0.3 is 0 Å². The van der Waals surface area contributed by atoms with Crippen LogP contribution in [0.5, 0.6) is 0 Å². The van der Waals surface area contributed by atoms with Crippen LogP contribution in [0, 0.1) is 11.8 Å². The maximum atomic E-state index is 6.72. The van der Waals surface area contributed by atoms with Crippen LogP contribution < -0.4 is 0 Å². The van der Waals surface area contributed by atoms with Gasteiger partial charge in [-0.2, -0.15) is 0 Å². The predicted molar refractivity (Wildman–Crippen MR) is 92.7 cm³/mol. The summed E-state index contributed by atoms with van der Waals surface area (Å²) in [7, 11) is -3.06. The molecule has 2 heterocycles. The van der Waals surface area contributed by atoms with Crippen molar-refractivity contribution in [1.29, 1.82) is 0 Å². The van der Waals surface area contributed by atoms with E-state index in [4.69, 9.17) is 13.6 Å². The molecule has 0 saturated carbocycles. The van der Waals surface area contributed by atoms with Crippen LogP contribution in [0.3, 0.4) is 0 Å². The normalized spacial score (nSPS) is 28.3. The van der Waals surface area contributed by atoms with Crippen LogP contribution >= 0.6 is 0 Å². The van der Waals surface area contributed by atoms with Crippen LogP contribution in [0.1, 0.15) is 26.7 Å². The quantitative estimate of drug-likeness (QED) is 0.443. The molecule has 0 amide bonds. The molecule has 21 heavy (non-hydrogen) atoms. The molecule has 0 aromatic carbocycles. The first-order chi connectivity index (χ1) is 9.69. The lowest BCUT2D eigenvalue weighted by Gasteiger charge is -2.35. The molecule has 2 rings (SSSR count). The topological polar surface area (TPSA) is 34.3 Å². The van der Waals surface area contributed by atoms with E-state index in [9.17, 15) is 0 Å². The third-order valence-electron chi connectivity index (χ3n) is 4.94. The van der Waals surface area contributed by atoms with Gasteiger partial charge in [-0.15, -0.1) is 0 Å². The zero-order valence-electron chi connectivity index (χ0n) is 14.8. The number of ether oxygens (including phenoxy) is 2. The number of hydrogen-bond donors (Lipinski definition) is 0. The van der Waals surface area contributed by atoms with E-state index in [1.807, 2.05) is 0 Å². The van der Waals surface area contributed by atoms with Crippen LogP contribution in [0.2, 0.25) is 38.3 Å². The Kier molecular flexibility index (Phi) is 5.74. The molecule has 2 saturated heterocycles. The lowest BCUT2D eigenvalue weighted by molar-refractivity contribution is 0.332. The minimum absolute atomic E-state index is 0.541. The molecule has 2 aliphatic heterocycles. The Hall–Kier alpha value is 0.314. The van der Waals surface area contributed by atoms with Gasteiger partial charge in [0.1, 0.15) is 0 Å². The molecule has 0 aliphatic carbocycles. The van der Waals surface area contributed by atoms with E-state index in [-0.39, 0.29) is 0 Å². The summed E-state index contributed by atoms with van der Waals surface area (Å²) in [5, 5.41) is 0. The summed E-state index contributed by atoms with van der Waals surface area (Å²) in [6, 6.07) is 2.54. The zero-order valence-corrected chi connectivity index (χ0v) is 16.8. The molecule has 0 radical (unpaired) electrons. The van der Waals surface area contributed by atoms with Crippen LogP contribution in [-0.4, -0.2) is 42.1 Å². The lowest BCUT2D eigenvalue weighted by atomic mass is 10.1. The van der Waals surface area contributed by atoms with E-state index < -0.39 is 16.6 Å². The number of rotatable bonds is 10. The lowest BCUT2D eigenvalue weighted by Crippen LogP contribution is -2.44. The van der Waals surface area contributed by atoms with E-state index in [2.05, 4.69) is 40.0 Å². The van der Waals surface area contributed by atoms with Gasteiger partial charge in [-0.25, -0.2) is 0 Å². The highest BCUT2D eigenvalue weighted by molar-refractivity contribution is 6.84. The van der Waals surface area contributed by atoms with Gasteiger partial charge in [0.05, 0.1) is 25.4 Å². The maximum Gasteiger partial charge on any atom is 0.173 e. The van der Waals surface area contributed by atoms with Gasteiger partial charge in [0.15, 0.2) is 16.6 Å². The summed E-state index contributed by atoms with van der Waals surface area (Å²) in [5.41, 5.74) is 0. The highest BCUT2D eigenvalue weighted by Crippen LogP contribution is 2.31. The molecular weight excluding hydrogens is 296 g/mol. The van der Waals surface area contributed by atoms with E-state index in [1.165, 1.54) is 24.9 Å². The molecule has 4 unspecified atom stereocenters. The second-order valence-corrected chi connectivity index (χ2v) is 17.3. The fraction of sp³-hybridized carbons (Fsp3) is 1.00. The Morgan fingerprint density at radius 3 is 1.48 bits per heavy atom. The standard InChI is InChI=1S/C16H34O3Si2/c1-13(15-11-17-15)7-9-20(3,4)19-21(5,6)10-8-14(2)16-12-18-16/h13-16H,7-12H2,1-6H3. The van der Waals surface area contributed by atoms with Crippen molar-refractivity contribution in [3.8, 4) is 0 Å². The molecule has 2 aliphatic rings. The zero-order chi connectivity index (χ0) is 15.7. The van der Waals surface area contributed by atoms with E-state index in [1.54, 1.807) is 0 Å². The van der Waals surface area contributed by atoms with Crippen molar-refractivity contribution in [3.63, 3.8) is 0 Å². The molecule has 2 fully saturated rings. The predicted octanol–water partition coefficient (Wildman–Crippen LogP) is 4.26. The summed E-state index contributed by atoms with van der Waals surface area (Å²) < 4.78 is 17.5. The number of hydrogen-bond acceptors (Lipinski definition) is 3. The fourth-order valence-electron chi connectivity index (χ4n) is 3.14. The minimum atomic E-state index is -1.53. The fourth-order valence-corrected chi connectivity index (χ4v) is 12.2. The Labute approximate surface area is 133 Å². The number of epoxide rings is 2. The van der Waals surface area contributed by atoms with Gasteiger partial charge in [0.2, 0.25) is 0 Å².